The summed E-state index contributed by atoms with van der Waals surface area (Å²) in [5.74, 6) is 0. The van der Waals surface area contributed by atoms with Crippen molar-refractivity contribution in [2.24, 2.45) is 0 Å². The zero-order chi connectivity index (χ0) is 12.6. The molecule has 0 radical (unpaired) electrons. The maximum Gasteiger partial charge on any atom is 0.0478 e. The summed E-state index contributed by atoms with van der Waals surface area (Å²) in [6.07, 6.45) is 4.85. The lowest BCUT2D eigenvalue weighted by molar-refractivity contribution is 0.115. The van der Waals surface area contributed by atoms with Gasteiger partial charge < -0.3 is 15.0 Å². The van der Waals surface area contributed by atoms with Crippen molar-refractivity contribution in [1.82, 2.24) is 10.2 Å². The highest BCUT2D eigenvalue weighted by molar-refractivity contribution is 4.84. The molecule has 0 spiro atoms. The van der Waals surface area contributed by atoms with Gasteiger partial charge in [-0.15, -0.1) is 0 Å². The third-order valence-electron chi connectivity index (χ3n) is 3.28. The molecule has 0 saturated carbocycles. The Labute approximate surface area is 107 Å². The molecule has 0 unspecified atom stereocenters. The second-order valence-corrected chi connectivity index (χ2v) is 5.76. The van der Waals surface area contributed by atoms with Gasteiger partial charge >= 0.3 is 0 Å². The molecule has 0 aromatic carbocycles. The first kappa shape index (κ1) is 14.9. The van der Waals surface area contributed by atoms with Gasteiger partial charge in [-0.05, 0) is 46.2 Å². The van der Waals surface area contributed by atoms with E-state index >= 15 is 0 Å². The zero-order valence-electron chi connectivity index (χ0n) is 11.9. The van der Waals surface area contributed by atoms with Crippen LogP contribution in [-0.2, 0) is 4.74 Å². The van der Waals surface area contributed by atoms with Crippen LogP contribution in [0.15, 0.2) is 0 Å². The number of hydrogen-bond acceptors (Lipinski definition) is 3. The molecule has 1 heterocycles. The Bertz CT molecular complexity index is 195. The largest absolute Gasteiger partial charge is 0.381 e. The molecular weight excluding hydrogens is 212 g/mol. The Kier molecular flexibility index (Phi) is 7.09. The average molecular weight is 242 g/mol. The van der Waals surface area contributed by atoms with Crippen molar-refractivity contribution in [3.8, 4) is 0 Å². The highest BCUT2D eigenvalue weighted by atomic mass is 16.5. The van der Waals surface area contributed by atoms with E-state index < -0.39 is 0 Å². The summed E-state index contributed by atoms with van der Waals surface area (Å²) in [7, 11) is 0. The van der Waals surface area contributed by atoms with Gasteiger partial charge in [-0.2, -0.15) is 0 Å². The van der Waals surface area contributed by atoms with E-state index in [4.69, 9.17) is 4.74 Å². The predicted molar refractivity (Wildman–Crippen MR) is 73.5 cm³/mol. The minimum Gasteiger partial charge on any atom is -0.381 e. The smallest absolute Gasteiger partial charge is 0.0478 e. The molecule has 0 bridgehead atoms. The lowest BCUT2D eigenvalue weighted by Crippen LogP contribution is -2.46. The van der Waals surface area contributed by atoms with Crippen molar-refractivity contribution in [3.63, 3.8) is 0 Å². The van der Waals surface area contributed by atoms with Crippen molar-refractivity contribution >= 4 is 0 Å². The number of hydrogen-bond donors (Lipinski definition) is 1. The topological polar surface area (TPSA) is 24.5 Å². The predicted octanol–water partition coefficient (Wildman–Crippen LogP) is 2.27. The van der Waals surface area contributed by atoms with Crippen molar-refractivity contribution in [3.05, 3.63) is 0 Å². The van der Waals surface area contributed by atoms with Gasteiger partial charge in [-0.1, -0.05) is 13.3 Å². The van der Waals surface area contributed by atoms with Gasteiger partial charge in [0.2, 0.25) is 0 Å². The molecule has 0 aliphatic carbocycles. The summed E-state index contributed by atoms with van der Waals surface area (Å²) in [5, 5.41) is 3.60. The second kappa shape index (κ2) is 8.06. The zero-order valence-corrected chi connectivity index (χ0v) is 11.9. The molecule has 0 aromatic rings. The van der Waals surface area contributed by atoms with Crippen LogP contribution in [0, 0.1) is 0 Å². The fourth-order valence-electron chi connectivity index (χ4n) is 2.35. The molecule has 1 N–H and O–H groups in total. The van der Waals surface area contributed by atoms with Gasteiger partial charge in [-0.25, -0.2) is 0 Å². The second-order valence-electron chi connectivity index (χ2n) is 5.76. The van der Waals surface area contributed by atoms with Crippen molar-refractivity contribution in [1.29, 1.82) is 0 Å². The molecule has 0 amide bonds. The number of unbranched alkanes of at least 4 members (excludes halogenated alkanes) is 1. The first-order chi connectivity index (χ1) is 8.14. The van der Waals surface area contributed by atoms with Crippen LogP contribution in [0.25, 0.3) is 0 Å². The minimum absolute atomic E-state index is 0.263. The van der Waals surface area contributed by atoms with Gasteiger partial charge in [0.25, 0.3) is 0 Å². The fourth-order valence-corrected chi connectivity index (χ4v) is 2.35. The minimum atomic E-state index is 0.263. The van der Waals surface area contributed by atoms with Crippen LogP contribution < -0.4 is 5.32 Å². The molecular formula is C14H30N2O. The number of rotatable bonds is 7. The summed E-state index contributed by atoms with van der Waals surface area (Å²) < 4.78 is 5.61. The molecule has 1 aliphatic rings. The van der Waals surface area contributed by atoms with Crippen LogP contribution >= 0.6 is 0 Å². The molecule has 1 aliphatic heterocycles. The SMILES string of the molecule is CCCCOCCCN1CCCNC(C)(C)C1. The molecule has 0 atom stereocenters. The molecule has 0 aromatic heterocycles. The summed E-state index contributed by atoms with van der Waals surface area (Å²) in [6.45, 7) is 13.4. The number of ether oxygens (including phenoxy) is 1. The quantitative estimate of drug-likeness (QED) is 0.693. The van der Waals surface area contributed by atoms with E-state index in [9.17, 15) is 0 Å². The van der Waals surface area contributed by atoms with E-state index in [0.717, 1.165) is 26.3 Å². The average Bonchev–Trinajstić information content (AvgIpc) is 2.44. The fraction of sp³-hybridized carbons (Fsp3) is 1.00. The maximum atomic E-state index is 5.61. The summed E-state index contributed by atoms with van der Waals surface area (Å²) in [6, 6.07) is 0. The molecule has 1 fully saturated rings. The van der Waals surface area contributed by atoms with Crippen molar-refractivity contribution < 1.29 is 4.74 Å². The van der Waals surface area contributed by atoms with E-state index in [-0.39, 0.29) is 5.54 Å². The Morgan fingerprint density at radius 2 is 2.00 bits per heavy atom. The van der Waals surface area contributed by atoms with Gasteiger partial charge in [0.05, 0.1) is 0 Å². The molecule has 102 valence electrons. The Morgan fingerprint density at radius 3 is 2.76 bits per heavy atom. The maximum absolute atomic E-state index is 5.61. The monoisotopic (exact) mass is 242 g/mol. The van der Waals surface area contributed by atoms with E-state index in [1.165, 1.54) is 38.8 Å². The van der Waals surface area contributed by atoms with Crippen LogP contribution in [0.1, 0.15) is 46.5 Å². The molecule has 3 nitrogen and oxygen atoms in total. The van der Waals surface area contributed by atoms with Crippen molar-refractivity contribution in [2.75, 3.05) is 39.4 Å². The first-order valence-corrected chi connectivity index (χ1v) is 7.19. The summed E-state index contributed by atoms with van der Waals surface area (Å²) in [5.41, 5.74) is 0.263. The van der Waals surface area contributed by atoms with Crippen molar-refractivity contribution in [2.45, 2.75) is 52.0 Å². The lowest BCUT2D eigenvalue weighted by atomic mass is 10.1. The highest BCUT2D eigenvalue weighted by Crippen LogP contribution is 2.10. The van der Waals surface area contributed by atoms with Crippen LogP contribution in [0.3, 0.4) is 0 Å². The van der Waals surface area contributed by atoms with Gasteiger partial charge in [0.15, 0.2) is 0 Å². The summed E-state index contributed by atoms with van der Waals surface area (Å²) in [4.78, 5) is 2.57. The molecule has 3 heteroatoms. The van der Waals surface area contributed by atoms with E-state index in [1.807, 2.05) is 0 Å². The Hall–Kier alpha value is -0.120. The molecule has 1 saturated heterocycles. The van der Waals surface area contributed by atoms with E-state index in [2.05, 4.69) is 31.0 Å². The molecule has 17 heavy (non-hydrogen) atoms. The lowest BCUT2D eigenvalue weighted by Gasteiger charge is -2.29. The van der Waals surface area contributed by atoms with Crippen LogP contribution in [0.4, 0.5) is 0 Å². The highest BCUT2D eigenvalue weighted by Gasteiger charge is 2.23. The van der Waals surface area contributed by atoms with Gasteiger partial charge in [0.1, 0.15) is 0 Å². The van der Waals surface area contributed by atoms with Crippen LogP contribution in [-0.4, -0.2) is 49.8 Å². The van der Waals surface area contributed by atoms with E-state index in [0.29, 0.717) is 0 Å². The Balaban J connectivity index is 2.09. The standard InChI is InChI=1S/C14H30N2O/c1-4-5-11-17-12-7-10-16-9-6-8-15-14(2,3)13-16/h15H,4-13H2,1-3H3. The van der Waals surface area contributed by atoms with Crippen LogP contribution in [0.2, 0.25) is 0 Å². The molecule has 1 rings (SSSR count). The normalized spacial score (nSPS) is 21.4. The summed E-state index contributed by atoms with van der Waals surface area (Å²) >= 11 is 0. The number of nitrogens with zero attached hydrogens (tertiary/aromatic N) is 1. The Morgan fingerprint density at radius 1 is 1.24 bits per heavy atom. The van der Waals surface area contributed by atoms with E-state index in [1.54, 1.807) is 0 Å². The van der Waals surface area contributed by atoms with Crippen LogP contribution in [0.5, 0.6) is 0 Å². The van der Waals surface area contributed by atoms with Gasteiger partial charge in [-0.3, -0.25) is 0 Å². The third-order valence-corrected chi connectivity index (χ3v) is 3.28. The third kappa shape index (κ3) is 7.02. The van der Waals surface area contributed by atoms with Gasteiger partial charge in [0, 0.05) is 31.8 Å². The first-order valence-electron chi connectivity index (χ1n) is 7.19. The number of nitrogens with one attached hydrogen (secondary N) is 1.